The number of hydrogen-bond donors (Lipinski definition) is 2. The van der Waals surface area contributed by atoms with Crippen LogP contribution in [-0.4, -0.2) is 60.2 Å². The van der Waals surface area contributed by atoms with Crippen LogP contribution in [-0.2, 0) is 16.0 Å². The third kappa shape index (κ3) is 9.92. The number of nitrogens with zero attached hydrogens (tertiary/aromatic N) is 1. The highest BCUT2D eigenvalue weighted by atomic mass is 127. The maximum Gasteiger partial charge on any atom is 0.387 e. The molecule has 0 aromatic heterocycles. The molecule has 0 bridgehead atoms. The Morgan fingerprint density at radius 3 is 2.54 bits per heavy atom. The molecule has 0 saturated carbocycles. The van der Waals surface area contributed by atoms with E-state index in [-0.39, 0.29) is 36.3 Å². The van der Waals surface area contributed by atoms with Gasteiger partial charge in [-0.15, -0.1) is 24.0 Å². The van der Waals surface area contributed by atoms with E-state index in [4.69, 9.17) is 14.2 Å². The van der Waals surface area contributed by atoms with Crippen LogP contribution >= 0.6 is 24.0 Å². The lowest BCUT2D eigenvalue weighted by Gasteiger charge is -2.15. The van der Waals surface area contributed by atoms with Gasteiger partial charge in [-0.2, -0.15) is 8.78 Å². The minimum Gasteiger partial charge on any atom is -0.497 e. The Kier molecular flexibility index (Phi) is 13.9. The van der Waals surface area contributed by atoms with Crippen LogP contribution in [0.4, 0.5) is 8.78 Å². The molecule has 0 spiro atoms. The number of methoxy groups -OCH3 is 2. The van der Waals surface area contributed by atoms with Gasteiger partial charge in [0.1, 0.15) is 11.5 Å². The van der Waals surface area contributed by atoms with Gasteiger partial charge in [0.05, 0.1) is 26.9 Å². The third-order valence-electron chi connectivity index (χ3n) is 3.12. The van der Waals surface area contributed by atoms with Crippen LogP contribution in [0.5, 0.6) is 11.5 Å². The molecule has 0 aliphatic heterocycles. The van der Waals surface area contributed by atoms with Crippen molar-refractivity contribution >= 4 is 29.9 Å². The monoisotopic (exact) mass is 489 g/mol. The van der Waals surface area contributed by atoms with Crippen LogP contribution in [0.15, 0.2) is 23.2 Å². The van der Waals surface area contributed by atoms with E-state index < -0.39 is 6.61 Å². The van der Waals surface area contributed by atoms with E-state index in [0.29, 0.717) is 43.6 Å². The van der Waals surface area contributed by atoms with Gasteiger partial charge in [0, 0.05) is 32.8 Å². The fourth-order valence-corrected chi connectivity index (χ4v) is 1.92. The summed E-state index contributed by atoms with van der Waals surface area (Å²) in [7, 11) is 4.73. The van der Waals surface area contributed by atoms with Gasteiger partial charge in [0.15, 0.2) is 5.96 Å². The van der Waals surface area contributed by atoms with Crippen molar-refractivity contribution < 1.29 is 27.7 Å². The van der Waals surface area contributed by atoms with Gasteiger partial charge < -0.3 is 29.6 Å². The first-order chi connectivity index (χ1) is 12.1. The van der Waals surface area contributed by atoms with Crippen LogP contribution in [0, 0.1) is 0 Å². The van der Waals surface area contributed by atoms with Gasteiger partial charge >= 0.3 is 6.61 Å². The summed E-state index contributed by atoms with van der Waals surface area (Å²) < 4.78 is 44.9. The summed E-state index contributed by atoms with van der Waals surface area (Å²) >= 11 is 0. The molecule has 0 amide bonds. The van der Waals surface area contributed by atoms with Crippen LogP contribution < -0.4 is 20.1 Å². The highest BCUT2D eigenvalue weighted by molar-refractivity contribution is 14.0. The molecule has 0 unspecified atom stereocenters. The lowest BCUT2D eigenvalue weighted by atomic mass is 10.2. The molecule has 0 radical (unpaired) electrons. The smallest absolute Gasteiger partial charge is 0.387 e. The average molecular weight is 489 g/mol. The zero-order chi connectivity index (χ0) is 18.5. The molecule has 0 fully saturated rings. The Morgan fingerprint density at radius 1 is 1.15 bits per heavy atom. The molecule has 1 aromatic rings. The number of guanidine groups is 1. The summed E-state index contributed by atoms with van der Waals surface area (Å²) in [6.45, 7) is -0.569. The summed E-state index contributed by atoms with van der Waals surface area (Å²) in [5.74, 6) is 1.15. The predicted octanol–water partition coefficient (Wildman–Crippen LogP) is 2.24. The van der Waals surface area contributed by atoms with Crippen molar-refractivity contribution in [3.63, 3.8) is 0 Å². The normalized spacial score (nSPS) is 11.1. The molecule has 1 aromatic carbocycles. The summed E-state index contributed by atoms with van der Waals surface area (Å²) in [5.41, 5.74) is 0.527. The van der Waals surface area contributed by atoms with Gasteiger partial charge in [-0.25, -0.2) is 0 Å². The van der Waals surface area contributed by atoms with Crippen molar-refractivity contribution in [3.8, 4) is 11.5 Å². The molecule has 0 atom stereocenters. The third-order valence-corrected chi connectivity index (χ3v) is 3.12. The van der Waals surface area contributed by atoms with Crippen LogP contribution in [0.1, 0.15) is 5.56 Å². The number of rotatable bonds is 11. The van der Waals surface area contributed by atoms with E-state index in [1.165, 1.54) is 13.2 Å². The van der Waals surface area contributed by atoms with Gasteiger partial charge in [0.25, 0.3) is 0 Å². The Morgan fingerprint density at radius 2 is 1.92 bits per heavy atom. The van der Waals surface area contributed by atoms with Crippen molar-refractivity contribution in [3.05, 3.63) is 23.8 Å². The quantitative estimate of drug-likeness (QED) is 0.215. The molecule has 150 valence electrons. The van der Waals surface area contributed by atoms with Crippen molar-refractivity contribution in [2.75, 3.05) is 47.6 Å². The molecule has 1 rings (SSSR count). The molecule has 10 heteroatoms. The second kappa shape index (κ2) is 14.7. The highest BCUT2D eigenvalue weighted by Crippen LogP contribution is 2.25. The van der Waals surface area contributed by atoms with E-state index in [1.54, 1.807) is 26.3 Å². The maximum atomic E-state index is 12.5. The lowest BCUT2D eigenvalue weighted by Crippen LogP contribution is -2.38. The van der Waals surface area contributed by atoms with E-state index in [0.717, 1.165) is 0 Å². The van der Waals surface area contributed by atoms with E-state index >= 15 is 0 Å². The first kappa shape index (κ1) is 24.6. The number of alkyl halides is 2. The second-order valence-corrected chi connectivity index (χ2v) is 4.81. The number of aliphatic imine (C=N–C) groups is 1. The minimum atomic E-state index is -2.89. The second-order valence-electron chi connectivity index (χ2n) is 4.81. The van der Waals surface area contributed by atoms with E-state index in [2.05, 4.69) is 20.4 Å². The predicted molar refractivity (Wildman–Crippen MR) is 106 cm³/mol. The zero-order valence-electron chi connectivity index (χ0n) is 15.1. The number of halogens is 3. The standard InChI is InChI=1S/C16H25F2N3O4.HI/c1-19-16(20-6-7-24-9-8-22-2)21-11-12-10-13(23-3)4-5-14(12)25-15(17)18;/h4-5,10,15H,6-9,11H2,1-3H3,(H2,19,20,21);1H. The fourth-order valence-electron chi connectivity index (χ4n) is 1.92. The van der Waals surface area contributed by atoms with Crippen molar-refractivity contribution in [1.82, 2.24) is 10.6 Å². The molecular weight excluding hydrogens is 463 g/mol. The summed E-state index contributed by atoms with van der Waals surface area (Å²) in [6, 6.07) is 4.64. The van der Waals surface area contributed by atoms with Gasteiger partial charge in [-0.05, 0) is 18.2 Å². The SMILES string of the molecule is CN=C(NCCOCCOC)NCc1cc(OC)ccc1OC(F)F.I. The summed E-state index contributed by atoms with van der Waals surface area (Å²) in [5, 5.41) is 6.09. The largest absolute Gasteiger partial charge is 0.497 e. The molecule has 26 heavy (non-hydrogen) atoms. The van der Waals surface area contributed by atoms with Crippen LogP contribution in [0.2, 0.25) is 0 Å². The number of ether oxygens (including phenoxy) is 4. The average Bonchev–Trinajstić information content (AvgIpc) is 2.61. The molecule has 0 heterocycles. The Bertz CT molecular complexity index is 536. The minimum absolute atomic E-state index is 0. The van der Waals surface area contributed by atoms with Crippen molar-refractivity contribution in [2.24, 2.45) is 4.99 Å². The summed E-state index contributed by atoms with van der Waals surface area (Å²) in [4.78, 5) is 4.06. The van der Waals surface area contributed by atoms with Crippen LogP contribution in [0.3, 0.4) is 0 Å². The maximum absolute atomic E-state index is 12.5. The topological polar surface area (TPSA) is 73.3 Å². The molecule has 0 aliphatic rings. The van der Waals surface area contributed by atoms with Crippen LogP contribution in [0.25, 0.3) is 0 Å². The molecular formula is C16H26F2IN3O4. The number of nitrogens with one attached hydrogen (secondary N) is 2. The molecule has 0 saturated heterocycles. The Labute approximate surface area is 169 Å². The Hall–Kier alpha value is -1.40. The lowest BCUT2D eigenvalue weighted by molar-refractivity contribution is -0.0504. The molecule has 7 nitrogen and oxygen atoms in total. The van der Waals surface area contributed by atoms with E-state index in [1.807, 2.05) is 0 Å². The van der Waals surface area contributed by atoms with Crippen molar-refractivity contribution in [1.29, 1.82) is 0 Å². The number of hydrogen-bond acceptors (Lipinski definition) is 5. The zero-order valence-corrected chi connectivity index (χ0v) is 17.4. The van der Waals surface area contributed by atoms with Gasteiger partial charge in [0.2, 0.25) is 0 Å². The molecule has 2 N–H and O–H groups in total. The number of benzene rings is 1. The highest BCUT2D eigenvalue weighted by Gasteiger charge is 2.11. The first-order valence-corrected chi connectivity index (χ1v) is 7.73. The first-order valence-electron chi connectivity index (χ1n) is 7.73. The van der Waals surface area contributed by atoms with Crippen molar-refractivity contribution in [2.45, 2.75) is 13.2 Å². The van der Waals surface area contributed by atoms with E-state index in [9.17, 15) is 8.78 Å². The Balaban J connectivity index is 0.00000625. The van der Waals surface area contributed by atoms with Gasteiger partial charge in [-0.1, -0.05) is 0 Å². The van der Waals surface area contributed by atoms with Gasteiger partial charge in [-0.3, -0.25) is 4.99 Å². The molecule has 0 aliphatic carbocycles. The summed E-state index contributed by atoms with van der Waals surface area (Å²) in [6.07, 6.45) is 0. The fraction of sp³-hybridized carbons (Fsp3) is 0.562.